The van der Waals surface area contributed by atoms with Gasteiger partial charge in [-0.15, -0.1) is 0 Å². The van der Waals surface area contributed by atoms with Crippen LogP contribution in [0.2, 0.25) is 0 Å². The van der Waals surface area contributed by atoms with E-state index in [1.165, 1.54) is 0 Å². The Kier molecular flexibility index (Phi) is 6.11. The molecule has 1 aliphatic rings. The maximum Gasteiger partial charge on any atom is 0.139 e. The Labute approximate surface area is 117 Å². The smallest absolute Gasteiger partial charge is 0.139 e. The Morgan fingerprint density at radius 1 is 0.579 bits per heavy atom. The molecule has 1 rings (SSSR count). The van der Waals surface area contributed by atoms with Crippen molar-refractivity contribution in [2.75, 3.05) is 0 Å². The molecule has 0 aromatic heterocycles. The Bertz CT molecular complexity index is 303. The molecule has 0 spiro atoms. The molecule has 0 radical (unpaired) electrons. The maximum absolute atomic E-state index is 12.1. The number of Topliss-reactive ketones (excluding diaryl/α,β-unsaturated/α-hetero) is 3. The van der Waals surface area contributed by atoms with Crippen molar-refractivity contribution in [2.24, 2.45) is 35.5 Å². The lowest BCUT2D eigenvalue weighted by atomic mass is 9.99. The van der Waals surface area contributed by atoms with Gasteiger partial charge in [0, 0.05) is 35.5 Å². The van der Waals surface area contributed by atoms with Crippen LogP contribution in [0.3, 0.4) is 0 Å². The molecule has 0 N–H and O–H groups in total. The van der Waals surface area contributed by atoms with Crippen molar-refractivity contribution < 1.29 is 14.4 Å². The van der Waals surface area contributed by atoms with Gasteiger partial charge in [-0.3, -0.25) is 14.4 Å². The van der Waals surface area contributed by atoms with E-state index in [4.69, 9.17) is 0 Å². The van der Waals surface area contributed by atoms with Crippen molar-refractivity contribution in [2.45, 2.75) is 49.0 Å². The number of ketones is 3. The average molecular weight is 268 g/mol. The fraction of sp³-hybridized carbons (Fsp3) is 0.812. The minimum atomic E-state index is -0.352. The predicted octanol–water partition coefficient (Wildman–Crippen LogP) is 3.16. The van der Waals surface area contributed by atoms with Gasteiger partial charge in [0.1, 0.15) is 17.3 Å². The van der Waals surface area contributed by atoms with Crippen LogP contribution in [-0.2, 0) is 14.4 Å². The summed E-state index contributed by atoms with van der Waals surface area (Å²) in [6.45, 7) is 11.0. The van der Waals surface area contributed by atoms with Gasteiger partial charge in [-0.1, -0.05) is 49.0 Å². The molecule has 0 aromatic carbocycles. The Morgan fingerprint density at radius 3 is 0.842 bits per heavy atom. The normalized spacial score (nSPS) is 25.4. The summed E-state index contributed by atoms with van der Waals surface area (Å²) in [7, 11) is 0. The highest BCUT2D eigenvalue weighted by molar-refractivity contribution is 6.05. The molecule has 19 heavy (non-hydrogen) atoms. The molecule has 0 atom stereocenters. The quantitative estimate of drug-likeness (QED) is 0.743. The van der Waals surface area contributed by atoms with Crippen LogP contribution in [0.4, 0.5) is 0 Å². The summed E-state index contributed by atoms with van der Waals surface area (Å²) in [5.41, 5.74) is 0. The Balaban J connectivity index is 0.00000324. The van der Waals surface area contributed by atoms with Gasteiger partial charge in [-0.25, -0.2) is 0 Å². The third kappa shape index (κ3) is 3.52. The fourth-order valence-corrected chi connectivity index (χ4v) is 2.53. The highest BCUT2D eigenvalue weighted by Crippen LogP contribution is 2.51. The summed E-state index contributed by atoms with van der Waals surface area (Å²) in [5, 5.41) is 0. The molecule has 0 bridgehead atoms. The van der Waals surface area contributed by atoms with E-state index in [0.717, 1.165) is 0 Å². The third-order valence-electron chi connectivity index (χ3n) is 3.71. The van der Waals surface area contributed by atoms with Gasteiger partial charge < -0.3 is 0 Å². The van der Waals surface area contributed by atoms with Crippen molar-refractivity contribution in [3.63, 3.8) is 0 Å². The van der Waals surface area contributed by atoms with E-state index in [0.29, 0.717) is 0 Å². The highest BCUT2D eigenvalue weighted by atomic mass is 16.2. The summed E-state index contributed by atoms with van der Waals surface area (Å²) in [5.74, 6) is -1.19. The molecule has 0 unspecified atom stereocenters. The minimum absolute atomic E-state index is 0. The van der Waals surface area contributed by atoms with Gasteiger partial charge in [-0.05, 0) is 0 Å². The number of hydrogen-bond donors (Lipinski definition) is 0. The van der Waals surface area contributed by atoms with Crippen LogP contribution in [0.1, 0.15) is 49.0 Å². The summed E-state index contributed by atoms with van der Waals surface area (Å²) >= 11 is 0. The molecule has 0 aromatic rings. The Hall–Kier alpha value is -0.990. The monoisotopic (exact) mass is 268 g/mol. The van der Waals surface area contributed by atoms with Crippen molar-refractivity contribution in [1.29, 1.82) is 0 Å². The van der Waals surface area contributed by atoms with E-state index in [1.807, 2.05) is 41.5 Å². The van der Waals surface area contributed by atoms with Crippen molar-refractivity contribution in [3.8, 4) is 0 Å². The molecule has 0 amide bonds. The molecule has 3 nitrogen and oxygen atoms in total. The standard InChI is InChI=1S/C15H24O3.CH4/c1-7(2)13(16)10-11(14(17)8(3)4)12(10)15(18)9(5)6;/h7-12H,1-6H3;1H4. The maximum atomic E-state index is 12.1. The molecule has 110 valence electrons. The first-order chi connectivity index (χ1) is 8.20. The highest BCUT2D eigenvalue weighted by Gasteiger charge is 2.62. The molecule has 3 heteroatoms. The van der Waals surface area contributed by atoms with E-state index in [9.17, 15) is 14.4 Å². The average Bonchev–Trinajstić information content (AvgIpc) is 2.99. The topological polar surface area (TPSA) is 51.2 Å². The predicted molar refractivity (Wildman–Crippen MR) is 76.7 cm³/mol. The summed E-state index contributed by atoms with van der Waals surface area (Å²) in [6, 6.07) is 0. The van der Waals surface area contributed by atoms with E-state index in [1.54, 1.807) is 0 Å². The molecular formula is C16H28O3. The van der Waals surface area contributed by atoms with E-state index >= 15 is 0 Å². The molecule has 1 saturated carbocycles. The largest absolute Gasteiger partial charge is 0.299 e. The van der Waals surface area contributed by atoms with Gasteiger partial charge >= 0.3 is 0 Å². The first-order valence-electron chi connectivity index (χ1n) is 6.81. The molecule has 0 aliphatic heterocycles. The van der Waals surface area contributed by atoms with Crippen molar-refractivity contribution in [1.82, 2.24) is 0 Å². The second-order valence-corrected chi connectivity index (χ2v) is 6.25. The number of rotatable bonds is 6. The summed E-state index contributed by atoms with van der Waals surface area (Å²) in [6.07, 6.45) is 0. The van der Waals surface area contributed by atoms with Crippen LogP contribution < -0.4 is 0 Å². The summed E-state index contributed by atoms with van der Waals surface area (Å²) < 4.78 is 0. The van der Waals surface area contributed by atoms with Crippen LogP contribution in [0, 0.1) is 35.5 Å². The van der Waals surface area contributed by atoms with Gasteiger partial charge in [0.2, 0.25) is 0 Å². The SMILES string of the molecule is C.CC(C)C(=O)C1C(C(=O)C(C)C)C1C(=O)C(C)C. The molecule has 0 heterocycles. The van der Waals surface area contributed by atoms with Gasteiger partial charge in [0.05, 0.1) is 0 Å². The molecule has 0 saturated heterocycles. The van der Waals surface area contributed by atoms with E-state index in [2.05, 4.69) is 0 Å². The number of carbonyl (C=O) groups is 3. The van der Waals surface area contributed by atoms with Gasteiger partial charge in [0.15, 0.2) is 0 Å². The van der Waals surface area contributed by atoms with E-state index in [-0.39, 0.29) is 60.3 Å². The zero-order valence-corrected chi connectivity index (χ0v) is 12.2. The number of carbonyl (C=O) groups excluding carboxylic acids is 3. The van der Waals surface area contributed by atoms with Crippen LogP contribution in [0.5, 0.6) is 0 Å². The molecule has 1 aliphatic carbocycles. The van der Waals surface area contributed by atoms with Gasteiger partial charge in [0.25, 0.3) is 0 Å². The first kappa shape index (κ1) is 18.0. The van der Waals surface area contributed by atoms with Crippen molar-refractivity contribution >= 4 is 17.3 Å². The molecular weight excluding hydrogens is 240 g/mol. The van der Waals surface area contributed by atoms with Crippen LogP contribution in [0.25, 0.3) is 0 Å². The Morgan fingerprint density at radius 2 is 0.737 bits per heavy atom. The van der Waals surface area contributed by atoms with Crippen LogP contribution in [-0.4, -0.2) is 17.3 Å². The zero-order valence-electron chi connectivity index (χ0n) is 12.2. The summed E-state index contributed by atoms with van der Waals surface area (Å²) in [4.78, 5) is 36.2. The lowest BCUT2D eigenvalue weighted by molar-refractivity contribution is -0.128. The van der Waals surface area contributed by atoms with Crippen LogP contribution >= 0.6 is 0 Å². The molecule has 1 fully saturated rings. The van der Waals surface area contributed by atoms with Crippen molar-refractivity contribution in [3.05, 3.63) is 0 Å². The minimum Gasteiger partial charge on any atom is -0.299 e. The lowest BCUT2D eigenvalue weighted by Crippen LogP contribution is -2.16. The fourth-order valence-electron chi connectivity index (χ4n) is 2.53. The first-order valence-corrected chi connectivity index (χ1v) is 6.81. The third-order valence-corrected chi connectivity index (χ3v) is 3.71. The number of hydrogen-bond acceptors (Lipinski definition) is 3. The van der Waals surface area contributed by atoms with E-state index < -0.39 is 0 Å². The van der Waals surface area contributed by atoms with Crippen LogP contribution in [0.15, 0.2) is 0 Å². The zero-order chi connectivity index (χ0) is 14.2. The second-order valence-electron chi connectivity index (χ2n) is 6.25. The van der Waals surface area contributed by atoms with Gasteiger partial charge in [-0.2, -0.15) is 0 Å². The lowest BCUT2D eigenvalue weighted by Gasteiger charge is -2.04. The second kappa shape index (κ2) is 6.44.